The van der Waals surface area contributed by atoms with Crippen LogP contribution in [0.25, 0.3) is 0 Å². The summed E-state index contributed by atoms with van der Waals surface area (Å²) in [6.45, 7) is 4.79. The van der Waals surface area contributed by atoms with Crippen LogP contribution in [0.15, 0.2) is 12.7 Å². The maximum Gasteiger partial charge on any atom is 0.330 e. The maximum atomic E-state index is 11.0. The van der Waals surface area contributed by atoms with Crippen LogP contribution in [-0.4, -0.2) is 31.9 Å². The molecule has 0 amide bonds. The first-order valence-corrected chi connectivity index (χ1v) is 4.11. The van der Waals surface area contributed by atoms with Gasteiger partial charge in [0.15, 0.2) is 6.29 Å². The highest BCUT2D eigenvalue weighted by Gasteiger charge is 2.08. The summed E-state index contributed by atoms with van der Waals surface area (Å²) >= 11 is 0. The molecule has 0 fully saturated rings. The van der Waals surface area contributed by atoms with Gasteiger partial charge in [-0.15, -0.1) is 0 Å². The van der Waals surface area contributed by atoms with E-state index in [4.69, 9.17) is 9.47 Å². The van der Waals surface area contributed by atoms with E-state index in [0.29, 0.717) is 0 Å². The van der Waals surface area contributed by atoms with Crippen LogP contribution >= 0.6 is 0 Å². The van der Waals surface area contributed by atoms with Crippen molar-refractivity contribution >= 4 is 11.9 Å². The maximum absolute atomic E-state index is 11.0. The van der Waals surface area contributed by atoms with Crippen molar-refractivity contribution in [3.05, 3.63) is 12.7 Å². The summed E-state index contributed by atoms with van der Waals surface area (Å²) in [6.07, 6.45) is 0.453. The van der Waals surface area contributed by atoms with Crippen LogP contribution in [0, 0.1) is 0 Å². The number of hydrogen-bond donors (Lipinski definition) is 0. The molecule has 5 heteroatoms. The average Bonchev–Trinajstić information content (AvgIpc) is 2.17. The Morgan fingerprint density at radius 3 is 2.64 bits per heavy atom. The van der Waals surface area contributed by atoms with Crippen LogP contribution in [0.1, 0.15) is 13.3 Å². The van der Waals surface area contributed by atoms with Crippen LogP contribution in [0.3, 0.4) is 0 Å². The van der Waals surface area contributed by atoms with Gasteiger partial charge in [0.1, 0.15) is 6.61 Å². The molecule has 0 N–H and O–H groups in total. The van der Waals surface area contributed by atoms with E-state index < -0.39 is 18.2 Å². The molecule has 80 valence electrons. The van der Waals surface area contributed by atoms with E-state index in [2.05, 4.69) is 11.3 Å². The summed E-state index contributed by atoms with van der Waals surface area (Å²) in [5, 5.41) is 0. The van der Waals surface area contributed by atoms with Crippen LogP contribution in [0.4, 0.5) is 0 Å². The molecular weight excluding hydrogens is 188 g/mol. The quantitative estimate of drug-likeness (QED) is 0.359. The highest BCUT2D eigenvalue weighted by Crippen LogP contribution is 1.95. The molecule has 14 heavy (non-hydrogen) atoms. The molecule has 0 aromatic carbocycles. The topological polar surface area (TPSA) is 61.8 Å². The molecule has 0 saturated heterocycles. The third kappa shape index (κ3) is 6.19. The van der Waals surface area contributed by atoms with Gasteiger partial charge in [-0.3, -0.25) is 4.79 Å². The van der Waals surface area contributed by atoms with Crippen LogP contribution in [0.5, 0.6) is 0 Å². The third-order valence-electron chi connectivity index (χ3n) is 1.35. The first-order chi connectivity index (χ1) is 6.60. The molecule has 0 radical (unpaired) electrons. The van der Waals surface area contributed by atoms with Gasteiger partial charge < -0.3 is 14.2 Å². The summed E-state index contributed by atoms with van der Waals surface area (Å²) in [6, 6.07) is 0. The first-order valence-electron chi connectivity index (χ1n) is 4.11. The Bertz CT molecular complexity index is 211. The molecule has 0 aliphatic carbocycles. The Morgan fingerprint density at radius 2 is 2.14 bits per heavy atom. The van der Waals surface area contributed by atoms with Crippen molar-refractivity contribution in [1.29, 1.82) is 0 Å². The molecule has 0 saturated carbocycles. The number of carbonyl (C=O) groups is 2. The smallest absolute Gasteiger partial charge is 0.330 e. The Balaban J connectivity index is 3.54. The number of ether oxygens (including phenoxy) is 3. The average molecular weight is 202 g/mol. The molecule has 5 nitrogen and oxygen atoms in total. The second-order valence-electron chi connectivity index (χ2n) is 2.41. The van der Waals surface area contributed by atoms with Crippen molar-refractivity contribution in [3.8, 4) is 0 Å². The van der Waals surface area contributed by atoms with E-state index in [1.807, 2.05) is 0 Å². The zero-order valence-electron chi connectivity index (χ0n) is 8.32. The lowest BCUT2D eigenvalue weighted by Gasteiger charge is -2.10. The molecule has 0 bridgehead atoms. The normalized spacial score (nSPS) is 11.6. The fraction of sp³-hybridized carbons (Fsp3) is 0.556. The zero-order chi connectivity index (χ0) is 11.0. The van der Waals surface area contributed by atoms with Crippen LogP contribution in [-0.2, 0) is 23.8 Å². The van der Waals surface area contributed by atoms with Gasteiger partial charge in [0.25, 0.3) is 0 Å². The zero-order valence-corrected chi connectivity index (χ0v) is 8.32. The fourth-order valence-electron chi connectivity index (χ4n) is 0.586. The monoisotopic (exact) mass is 202 g/mol. The highest BCUT2D eigenvalue weighted by atomic mass is 16.7. The van der Waals surface area contributed by atoms with E-state index in [-0.39, 0.29) is 13.0 Å². The fourth-order valence-corrected chi connectivity index (χ4v) is 0.586. The van der Waals surface area contributed by atoms with E-state index in [1.165, 1.54) is 7.11 Å². The molecule has 0 aromatic rings. The standard InChI is InChI=1S/C9H14O5/c1-4-8(10)13-6-5-9(11)14-7(2)12-3/h4,7H,1,5-6H2,2-3H3. The molecule has 0 aliphatic rings. The van der Waals surface area contributed by atoms with Gasteiger partial charge in [-0.05, 0) is 6.92 Å². The number of methoxy groups -OCH3 is 1. The van der Waals surface area contributed by atoms with Gasteiger partial charge in [-0.2, -0.15) is 0 Å². The van der Waals surface area contributed by atoms with Gasteiger partial charge in [-0.25, -0.2) is 4.79 Å². The van der Waals surface area contributed by atoms with Crippen molar-refractivity contribution in [2.24, 2.45) is 0 Å². The molecule has 1 atom stereocenters. The first kappa shape index (κ1) is 12.6. The van der Waals surface area contributed by atoms with E-state index in [1.54, 1.807) is 6.92 Å². The summed E-state index contributed by atoms with van der Waals surface area (Å²) in [5.74, 6) is -1.03. The number of rotatable bonds is 6. The summed E-state index contributed by atoms with van der Waals surface area (Å²) in [5.41, 5.74) is 0. The number of carbonyl (C=O) groups excluding carboxylic acids is 2. The molecule has 0 aromatic heterocycles. The largest absolute Gasteiger partial charge is 0.462 e. The number of esters is 2. The van der Waals surface area contributed by atoms with E-state index in [0.717, 1.165) is 6.08 Å². The second kappa shape index (κ2) is 7.08. The lowest BCUT2D eigenvalue weighted by Crippen LogP contribution is -2.18. The SMILES string of the molecule is C=CC(=O)OCCC(=O)OC(C)OC. The predicted octanol–water partition coefficient (Wildman–Crippen LogP) is 0.641. The van der Waals surface area contributed by atoms with Crippen molar-refractivity contribution in [1.82, 2.24) is 0 Å². The van der Waals surface area contributed by atoms with Gasteiger partial charge in [-0.1, -0.05) is 6.58 Å². The minimum absolute atomic E-state index is 0.00722. The van der Waals surface area contributed by atoms with Crippen LogP contribution in [0.2, 0.25) is 0 Å². The molecule has 0 heterocycles. The minimum atomic E-state index is -0.586. The van der Waals surface area contributed by atoms with Crippen molar-refractivity contribution in [2.75, 3.05) is 13.7 Å². The van der Waals surface area contributed by atoms with E-state index >= 15 is 0 Å². The van der Waals surface area contributed by atoms with Gasteiger partial charge in [0, 0.05) is 13.2 Å². The van der Waals surface area contributed by atoms with Crippen molar-refractivity contribution in [3.63, 3.8) is 0 Å². The highest BCUT2D eigenvalue weighted by molar-refractivity contribution is 5.81. The van der Waals surface area contributed by atoms with Gasteiger partial charge in [0.2, 0.25) is 0 Å². The molecule has 0 aliphatic heterocycles. The Hall–Kier alpha value is -1.36. The Kier molecular flexibility index (Phi) is 6.39. The third-order valence-corrected chi connectivity index (χ3v) is 1.35. The van der Waals surface area contributed by atoms with Gasteiger partial charge in [0.05, 0.1) is 6.42 Å². The summed E-state index contributed by atoms with van der Waals surface area (Å²) in [4.78, 5) is 21.5. The lowest BCUT2D eigenvalue weighted by atomic mass is 10.4. The summed E-state index contributed by atoms with van der Waals surface area (Å²) < 4.78 is 14.0. The van der Waals surface area contributed by atoms with Gasteiger partial charge >= 0.3 is 11.9 Å². The number of hydrogen-bond acceptors (Lipinski definition) is 5. The molecular formula is C9H14O5. The van der Waals surface area contributed by atoms with E-state index in [9.17, 15) is 9.59 Å². The second-order valence-corrected chi connectivity index (χ2v) is 2.41. The molecule has 0 spiro atoms. The van der Waals surface area contributed by atoms with Crippen molar-refractivity contribution in [2.45, 2.75) is 19.6 Å². The Morgan fingerprint density at radius 1 is 1.50 bits per heavy atom. The predicted molar refractivity (Wildman–Crippen MR) is 48.3 cm³/mol. The summed E-state index contributed by atoms with van der Waals surface area (Å²) in [7, 11) is 1.43. The van der Waals surface area contributed by atoms with Crippen LogP contribution < -0.4 is 0 Å². The Labute approximate surface area is 82.6 Å². The molecule has 1 unspecified atom stereocenters. The minimum Gasteiger partial charge on any atom is -0.462 e. The molecule has 0 rings (SSSR count). The lowest BCUT2D eigenvalue weighted by molar-refractivity contribution is -0.171. The van der Waals surface area contributed by atoms with Crippen molar-refractivity contribution < 1.29 is 23.8 Å².